The molecule has 7 heteroatoms. The molecule has 0 fully saturated rings. The van der Waals surface area contributed by atoms with Crippen LogP contribution in [0.15, 0.2) is 29.1 Å². The molecule has 0 aliphatic carbocycles. The summed E-state index contributed by atoms with van der Waals surface area (Å²) in [5.74, 6) is 1.63. The Kier molecular flexibility index (Phi) is 6.56. The predicted octanol–water partition coefficient (Wildman–Crippen LogP) is 2.93. The number of aromatic nitrogens is 2. The topological polar surface area (TPSA) is 82.5 Å². The lowest BCUT2D eigenvalue weighted by Gasteiger charge is -2.25. The molecule has 1 atom stereocenters. The molecule has 0 unspecified atom stereocenters. The largest absolute Gasteiger partial charge is 0.486 e. The summed E-state index contributed by atoms with van der Waals surface area (Å²) in [6, 6.07) is 7.56. The van der Waals surface area contributed by atoms with Crippen LogP contribution >= 0.6 is 0 Å². The molecule has 2 heterocycles. The third-order valence-corrected chi connectivity index (χ3v) is 5.04. The summed E-state index contributed by atoms with van der Waals surface area (Å²) in [7, 11) is 0. The third kappa shape index (κ3) is 5.16. The van der Waals surface area contributed by atoms with Crippen molar-refractivity contribution in [2.75, 3.05) is 13.2 Å². The van der Waals surface area contributed by atoms with Crippen LogP contribution in [-0.4, -0.2) is 28.7 Å². The second kappa shape index (κ2) is 9.11. The number of hydrogen-bond acceptors (Lipinski definition) is 5. The minimum atomic E-state index is -0.265. The van der Waals surface area contributed by atoms with Crippen LogP contribution in [0.5, 0.6) is 11.5 Å². The van der Waals surface area contributed by atoms with E-state index in [1.54, 1.807) is 11.5 Å². The number of nitrogens with one attached hydrogen (secondary N) is 1. The zero-order valence-electron chi connectivity index (χ0n) is 17.5. The highest BCUT2D eigenvalue weighted by Gasteiger charge is 2.21. The third-order valence-electron chi connectivity index (χ3n) is 5.04. The smallest absolute Gasteiger partial charge is 0.347 e. The Labute approximate surface area is 171 Å². The lowest BCUT2D eigenvalue weighted by atomic mass is 9.95. The van der Waals surface area contributed by atoms with Gasteiger partial charge in [-0.3, -0.25) is 9.36 Å². The van der Waals surface area contributed by atoms with Crippen molar-refractivity contribution in [3.05, 3.63) is 51.7 Å². The van der Waals surface area contributed by atoms with Gasteiger partial charge in [0.05, 0.1) is 6.04 Å². The molecule has 2 aromatic rings. The van der Waals surface area contributed by atoms with Gasteiger partial charge in [-0.2, -0.15) is 4.98 Å². The fourth-order valence-electron chi connectivity index (χ4n) is 3.58. The fraction of sp³-hybridized carbons (Fsp3) is 0.500. The molecular weight excluding hydrogens is 370 g/mol. The summed E-state index contributed by atoms with van der Waals surface area (Å²) in [5, 5.41) is 3.13. The van der Waals surface area contributed by atoms with Crippen LogP contribution in [-0.2, 0) is 11.3 Å². The van der Waals surface area contributed by atoms with Gasteiger partial charge in [0, 0.05) is 24.4 Å². The van der Waals surface area contributed by atoms with Gasteiger partial charge in [0.25, 0.3) is 0 Å². The molecule has 3 rings (SSSR count). The fourth-order valence-corrected chi connectivity index (χ4v) is 3.58. The normalized spacial score (nSPS) is 14.0. The van der Waals surface area contributed by atoms with Gasteiger partial charge in [0.1, 0.15) is 13.2 Å². The van der Waals surface area contributed by atoms with E-state index in [1.807, 2.05) is 31.2 Å². The number of amides is 1. The van der Waals surface area contributed by atoms with Crippen molar-refractivity contribution in [3.8, 4) is 11.5 Å². The van der Waals surface area contributed by atoms with Crippen LogP contribution in [0.3, 0.4) is 0 Å². The number of benzene rings is 1. The van der Waals surface area contributed by atoms with E-state index >= 15 is 0 Å². The van der Waals surface area contributed by atoms with E-state index in [-0.39, 0.29) is 23.6 Å². The highest BCUT2D eigenvalue weighted by molar-refractivity contribution is 5.76. The van der Waals surface area contributed by atoms with Crippen molar-refractivity contribution in [3.63, 3.8) is 0 Å². The van der Waals surface area contributed by atoms with Gasteiger partial charge in [-0.15, -0.1) is 0 Å². The summed E-state index contributed by atoms with van der Waals surface area (Å²) in [6.45, 7) is 9.38. The molecule has 1 N–H and O–H groups in total. The second-order valence-electron chi connectivity index (χ2n) is 7.77. The quantitative estimate of drug-likeness (QED) is 0.774. The number of nitrogens with zero attached hydrogens (tertiary/aromatic N) is 2. The molecule has 29 heavy (non-hydrogen) atoms. The Balaban J connectivity index is 1.61. The molecule has 0 spiro atoms. The summed E-state index contributed by atoms with van der Waals surface area (Å²) < 4.78 is 12.9. The minimum Gasteiger partial charge on any atom is -0.486 e. The van der Waals surface area contributed by atoms with Gasteiger partial charge in [0.15, 0.2) is 11.5 Å². The van der Waals surface area contributed by atoms with E-state index in [2.05, 4.69) is 24.1 Å². The average Bonchev–Trinajstić information content (AvgIpc) is 2.67. The summed E-state index contributed by atoms with van der Waals surface area (Å²) in [5.41, 5.74) is 2.30. The number of ether oxygens (including phenoxy) is 2. The summed E-state index contributed by atoms with van der Waals surface area (Å²) >= 11 is 0. The first-order valence-corrected chi connectivity index (χ1v) is 10.1. The Morgan fingerprint density at radius 3 is 2.59 bits per heavy atom. The van der Waals surface area contributed by atoms with Crippen molar-refractivity contribution in [2.45, 2.75) is 53.1 Å². The van der Waals surface area contributed by atoms with Crippen LogP contribution in [0, 0.1) is 19.8 Å². The minimum absolute atomic E-state index is 0.0376. The van der Waals surface area contributed by atoms with Crippen molar-refractivity contribution in [1.82, 2.24) is 14.9 Å². The van der Waals surface area contributed by atoms with Crippen molar-refractivity contribution in [2.24, 2.45) is 5.92 Å². The van der Waals surface area contributed by atoms with Crippen molar-refractivity contribution >= 4 is 5.91 Å². The Morgan fingerprint density at radius 1 is 1.17 bits per heavy atom. The van der Waals surface area contributed by atoms with E-state index < -0.39 is 0 Å². The lowest BCUT2D eigenvalue weighted by Crippen LogP contribution is -2.32. The van der Waals surface area contributed by atoms with Gasteiger partial charge in [0.2, 0.25) is 5.91 Å². The molecule has 1 aliphatic rings. The van der Waals surface area contributed by atoms with Crippen LogP contribution in [0.4, 0.5) is 0 Å². The maximum atomic E-state index is 12.6. The van der Waals surface area contributed by atoms with Gasteiger partial charge >= 0.3 is 5.69 Å². The Bertz CT molecular complexity index is 936. The zero-order valence-corrected chi connectivity index (χ0v) is 17.5. The highest BCUT2D eigenvalue weighted by atomic mass is 16.6. The van der Waals surface area contributed by atoms with Gasteiger partial charge in [-0.05, 0) is 49.9 Å². The van der Waals surface area contributed by atoms with E-state index in [4.69, 9.17) is 9.47 Å². The number of carbonyl (C=O) groups excluding carboxylic acids is 1. The van der Waals surface area contributed by atoms with Crippen LogP contribution in [0.1, 0.15) is 49.7 Å². The molecule has 156 valence electrons. The monoisotopic (exact) mass is 399 g/mol. The van der Waals surface area contributed by atoms with Gasteiger partial charge in [-0.1, -0.05) is 19.9 Å². The second-order valence-corrected chi connectivity index (χ2v) is 7.77. The van der Waals surface area contributed by atoms with Crippen LogP contribution in [0.2, 0.25) is 0 Å². The number of aryl methyl sites for hydroxylation is 2. The number of carbonyl (C=O) groups is 1. The van der Waals surface area contributed by atoms with Crippen molar-refractivity contribution in [1.29, 1.82) is 0 Å². The molecular formula is C22H29N3O4. The molecule has 1 aromatic heterocycles. The van der Waals surface area contributed by atoms with Gasteiger partial charge in [-0.25, -0.2) is 4.79 Å². The summed E-state index contributed by atoms with van der Waals surface area (Å²) in [6.07, 6.45) is 0.913. The van der Waals surface area contributed by atoms with Crippen LogP contribution < -0.4 is 20.5 Å². The predicted molar refractivity (Wildman–Crippen MR) is 110 cm³/mol. The maximum Gasteiger partial charge on any atom is 0.347 e. The lowest BCUT2D eigenvalue weighted by molar-refractivity contribution is -0.122. The first-order chi connectivity index (χ1) is 13.8. The molecule has 0 radical (unpaired) electrons. The van der Waals surface area contributed by atoms with Crippen LogP contribution in [0.25, 0.3) is 0 Å². The zero-order chi connectivity index (χ0) is 21.0. The molecule has 1 aromatic carbocycles. The summed E-state index contributed by atoms with van der Waals surface area (Å²) in [4.78, 5) is 28.6. The number of hydrogen-bond donors (Lipinski definition) is 1. The molecule has 0 saturated carbocycles. The van der Waals surface area contributed by atoms with E-state index in [0.717, 1.165) is 22.8 Å². The molecule has 1 amide bonds. The average molecular weight is 399 g/mol. The standard InChI is InChI=1S/C22H29N3O4/c1-14(2)21(17-7-8-18-19(13-17)29-11-10-28-18)24-20(26)6-5-9-25-16(4)12-15(3)23-22(25)27/h7-8,12-14,21H,5-6,9-11H2,1-4H3,(H,24,26)/t21-/m0/s1. The maximum absolute atomic E-state index is 12.6. The Hall–Kier alpha value is -2.83. The Morgan fingerprint density at radius 2 is 1.90 bits per heavy atom. The van der Waals surface area contributed by atoms with Crippen molar-refractivity contribution < 1.29 is 14.3 Å². The van der Waals surface area contributed by atoms with E-state index in [9.17, 15) is 9.59 Å². The van der Waals surface area contributed by atoms with Gasteiger partial charge < -0.3 is 14.8 Å². The number of rotatable bonds is 7. The molecule has 0 saturated heterocycles. The molecule has 1 aliphatic heterocycles. The van der Waals surface area contributed by atoms with E-state index in [0.29, 0.717) is 38.3 Å². The molecule has 7 nitrogen and oxygen atoms in total. The SMILES string of the molecule is Cc1cc(C)n(CCCC(=O)N[C@H](c2ccc3c(c2)OCCO3)C(C)C)c(=O)n1. The first-order valence-electron chi connectivity index (χ1n) is 10.1. The first kappa shape index (κ1) is 20.9. The van der Waals surface area contributed by atoms with E-state index in [1.165, 1.54) is 0 Å². The highest BCUT2D eigenvalue weighted by Crippen LogP contribution is 2.34. The molecule has 0 bridgehead atoms. The number of fused-ring (bicyclic) bond motifs is 1.